The molecule has 2 rings (SSSR count). The first-order valence-corrected chi connectivity index (χ1v) is 10.2. The highest BCUT2D eigenvalue weighted by Crippen LogP contribution is 2.19. The van der Waals surface area contributed by atoms with Gasteiger partial charge in [-0.3, -0.25) is 0 Å². The van der Waals surface area contributed by atoms with Gasteiger partial charge in [-0.05, 0) is 23.1 Å². The van der Waals surface area contributed by atoms with E-state index in [0.29, 0.717) is 0 Å². The predicted octanol–water partition coefficient (Wildman–Crippen LogP) is 4.46. The third-order valence-corrected chi connectivity index (χ3v) is 5.51. The van der Waals surface area contributed by atoms with E-state index >= 15 is 0 Å². The predicted molar refractivity (Wildman–Crippen MR) is 84.2 cm³/mol. The van der Waals surface area contributed by atoms with E-state index in [4.69, 9.17) is 0 Å². The van der Waals surface area contributed by atoms with Crippen LogP contribution >= 0.6 is 0 Å². The van der Waals surface area contributed by atoms with E-state index in [-0.39, 0.29) is 0 Å². The molecule has 0 bridgehead atoms. The van der Waals surface area contributed by atoms with Gasteiger partial charge in [0, 0.05) is 0 Å². The lowest BCUT2D eigenvalue weighted by molar-refractivity contribution is 1.14. The molecule has 0 nitrogen and oxygen atoms in total. The van der Waals surface area contributed by atoms with Gasteiger partial charge in [0.05, 0.1) is 8.07 Å². The summed E-state index contributed by atoms with van der Waals surface area (Å²) in [5.74, 6) is 0. The van der Waals surface area contributed by atoms with Crippen molar-refractivity contribution in [2.75, 3.05) is 0 Å². The number of hydrogen-bond acceptors (Lipinski definition) is 0. The van der Waals surface area contributed by atoms with Crippen LogP contribution < -0.4 is 5.19 Å². The Kier molecular flexibility index (Phi) is 3.72. The van der Waals surface area contributed by atoms with Crippen LogP contribution in [0.15, 0.2) is 48.5 Å². The summed E-state index contributed by atoms with van der Waals surface area (Å²) >= 11 is 0. The van der Waals surface area contributed by atoms with Crippen molar-refractivity contribution >= 4 is 13.3 Å². The lowest BCUT2D eigenvalue weighted by Crippen LogP contribution is -2.37. The summed E-state index contributed by atoms with van der Waals surface area (Å²) in [7, 11) is -1.17. The van der Waals surface area contributed by atoms with E-state index in [1.165, 1.54) is 21.9 Å². The van der Waals surface area contributed by atoms with E-state index < -0.39 is 8.07 Å². The Bertz CT molecular complexity index is 501. The third-order valence-electron chi connectivity index (χ3n) is 3.45. The quantitative estimate of drug-likeness (QED) is 0.709. The Morgan fingerprint density at radius 1 is 0.722 bits per heavy atom. The molecule has 0 amide bonds. The van der Waals surface area contributed by atoms with Crippen LogP contribution in [0.2, 0.25) is 19.6 Å². The summed E-state index contributed by atoms with van der Waals surface area (Å²) in [6.45, 7) is 9.35. The molecule has 0 aliphatic carbocycles. The molecule has 0 unspecified atom stereocenters. The van der Waals surface area contributed by atoms with Gasteiger partial charge in [0.25, 0.3) is 0 Å². The lowest BCUT2D eigenvalue weighted by atomic mass is 10.0. The Balaban J connectivity index is 2.28. The molecular weight excluding hydrogens is 232 g/mol. The molecule has 2 aromatic rings. The van der Waals surface area contributed by atoms with Gasteiger partial charge in [-0.25, -0.2) is 0 Å². The highest BCUT2D eigenvalue weighted by molar-refractivity contribution is 6.88. The second-order valence-electron chi connectivity index (χ2n) is 5.88. The number of aryl methyl sites for hydroxylation is 1. The average molecular weight is 254 g/mol. The van der Waals surface area contributed by atoms with Crippen LogP contribution in [0.1, 0.15) is 12.5 Å². The van der Waals surface area contributed by atoms with Crippen LogP contribution in [0.25, 0.3) is 11.1 Å². The molecular formula is C17H22Si. The van der Waals surface area contributed by atoms with Gasteiger partial charge in [-0.2, -0.15) is 0 Å². The number of rotatable bonds is 3. The Morgan fingerprint density at radius 3 is 1.56 bits per heavy atom. The minimum atomic E-state index is -1.17. The van der Waals surface area contributed by atoms with Crippen LogP contribution in [0.4, 0.5) is 0 Å². The molecule has 0 atom stereocenters. The smallest absolute Gasteiger partial charge is 0.0656 e. The third kappa shape index (κ3) is 2.91. The molecule has 0 saturated carbocycles. The molecule has 0 spiro atoms. The molecule has 2 aromatic carbocycles. The monoisotopic (exact) mass is 254 g/mol. The first kappa shape index (κ1) is 13.1. The molecule has 94 valence electrons. The number of benzene rings is 2. The molecule has 0 heterocycles. The number of hydrogen-bond donors (Lipinski definition) is 0. The van der Waals surface area contributed by atoms with E-state index in [1.807, 2.05) is 0 Å². The second-order valence-corrected chi connectivity index (χ2v) is 11.0. The van der Waals surface area contributed by atoms with Gasteiger partial charge in [0.1, 0.15) is 0 Å². The van der Waals surface area contributed by atoms with Gasteiger partial charge >= 0.3 is 0 Å². The fourth-order valence-corrected chi connectivity index (χ4v) is 3.26. The average Bonchev–Trinajstić information content (AvgIpc) is 2.38. The fraction of sp³-hybridized carbons (Fsp3) is 0.294. The molecule has 0 aromatic heterocycles. The molecule has 0 saturated heterocycles. The van der Waals surface area contributed by atoms with Crippen molar-refractivity contribution in [1.82, 2.24) is 0 Å². The summed E-state index contributed by atoms with van der Waals surface area (Å²) in [4.78, 5) is 0. The van der Waals surface area contributed by atoms with Gasteiger partial charge in [-0.15, -0.1) is 0 Å². The zero-order valence-electron chi connectivity index (χ0n) is 11.8. The van der Waals surface area contributed by atoms with E-state index in [1.54, 1.807) is 0 Å². The van der Waals surface area contributed by atoms with Gasteiger partial charge in [0.15, 0.2) is 0 Å². The Morgan fingerprint density at radius 2 is 1.17 bits per heavy atom. The molecule has 0 N–H and O–H groups in total. The summed E-state index contributed by atoms with van der Waals surface area (Å²) in [5, 5.41) is 1.52. The van der Waals surface area contributed by atoms with Crippen LogP contribution in [-0.2, 0) is 6.42 Å². The van der Waals surface area contributed by atoms with Crippen molar-refractivity contribution in [3.05, 3.63) is 54.1 Å². The molecule has 18 heavy (non-hydrogen) atoms. The highest BCUT2D eigenvalue weighted by Gasteiger charge is 2.15. The maximum Gasteiger partial charge on any atom is 0.0775 e. The van der Waals surface area contributed by atoms with E-state index in [2.05, 4.69) is 75.1 Å². The summed E-state index contributed by atoms with van der Waals surface area (Å²) in [5.41, 5.74) is 4.03. The largest absolute Gasteiger partial charge is 0.0775 e. The fourth-order valence-electron chi connectivity index (χ4n) is 2.10. The minimum Gasteiger partial charge on any atom is -0.0656 e. The summed E-state index contributed by atoms with van der Waals surface area (Å²) in [6, 6.07) is 18.0. The lowest BCUT2D eigenvalue weighted by Gasteiger charge is -2.16. The zero-order chi connectivity index (χ0) is 13.2. The maximum atomic E-state index is 2.39. The van der Waals surface area contributed by atoms with Crippen molar-refractivity contribution < 1.29 is 0 Å². The molecule has 0 aliphatic rings. The normalized spacial score (nSPS) is 11.6. The summed E-state index contributed by atoms with van der Waals surface area (Å²) < 4.78 is 0. The Labute approximate surface area is 112 Å². The maximum absolute atomic E-state index is 2.39. The SMILES string of the molecule is CCc1ccc(-c2ccc([Si](C)(C)C)cc2)cc1. The van der Waals surface area contributed by atoms with Crippen molar-refractivity contribution in [3.63, 3.8) is 0 Å². The topological polar surface area (TPSA) is 0 Å². The highest BCUT2D eigenvalue weighted by atomic mass is 28.3. The van der Waals surface area contributed by atoms with Crippen LogP contribution in [0.3, 0.4) is 0 Å². The summed E-state index contributed by atoms with van der Waals surface area (Å²) in [6.07, 6.45) is 1.11. The van der Waals surface area contributed by atoms with Gasteiger partial charge in [0.2, 0.25) is 0 Å². The zero-order valence-corrected chi connectivity index (χ0v) is 12.8. The van der Waals surface area contributed by atoms with Crippen molar-refractivity contribution in [3.8, 4) is 11.1 Å². The molecule has 0 radical (unpaired) electrons. The van der Waals surface area contributed by atoms with Crippen LogP contribution in [0.5, 0.6) is 0 Å². The Hall–Kier alpha value is -1.34. The van der Waals surface area contributed by atoms with E-state index in [9.17, 15) is 0 Å². The van der Waals surface area contributed by atoms with Gasteiger partial charge in [-0.1, -0.05) is 80.3 Å². The minimum absolute atomic E-state index is 1.11. The van der Waals surface area contributed by atoms with E-state index in [0.717, 1.165) is 6.42 Å². The molecule has 0 fully saturated rings. The van der Waals surface area contributed by atoms with Crippen molar-refractivity contribution in [2.45, 2.75) is 33.0 Å². The van der Waals surface area contributed by atoms with Crippen molar-refractivity contribution in [2.24, 2.45) is 0 Å². The van der Waals surface area contributed by atoms with Gasteiger partial charge < -0.3 is 0 Å². The first-order valence-electron chi connectivity index (χ1n) is 6.70. The van der Waals surface area contributed by atoms with Crippen LogP contribution in [-0.4, -0.2) is 8.07 Å². The van der Waals surface area contributed by atoms with Crippen LogP contribution in [0, 0.1) is 0 Å². The second kappa shape index (κ2) is 5.11. The molecule has 1 heteroatoms. The van der Waals surface area contributed by atoms with Crippen molar-refractivity contribution in [1.29, 1.82) is 0 Å². The standard InChI is InChI=1S/C17H22Si/c1-5-14-6-8-15(9-7-14)16-10-12-17(13-11-16)18(2,3)4/h6-13H,5H2,1-4H3. The first-order chi connectivity index (χ1) is 8.50. The molecule has 0 aliphatic heterocycles.